The second-order valence-corrected chi connectivity index (χ2v) is 4.78. The molecule has 2 rings (SSSR count). The van der Waals surface area contributed by atoms with Crippen molar-refractivity contribution in [3.05, 3.63) is 28.2 Å². The van der Waals surface area contributed by atoms with Gasteiger partial charge in [0.15, 0.2) is 0 Å². The lowest BCUT2D eigenvalue weighted by Gasteiger charge is -2.36. The Kier molecular flexibility index (Phi) is 3.10. The van der Waals surface area contributed by atoms with Crippen LogP contribution in [-0.2, 0) is 0 Å². The van der Waals surface area contributed by atoms with Crippen LogP contribution in [0.2, 0.25) is 10.0 Å². The summed E-state index contributed by atoms with van der Waals surface area (Å²) in [5, 5.41) is 10.9. The highest BCUT2D eigenvalue weighted by atomic mass is 35.5. The monoisotopic (exact) mass is 246 g/mol. The largest absolute Gasteiger partial charge is 0.489 e. The molecule has 1 aliphatic rings. The SMILES string of the molecule is OC1(COc2ccc(Cl)cc2Cl)CCC1. The van der Waals surface area contributed by atoms with Crippen LogP contribution >= 0.6 is 23.2 Å². The van der Waals surface area contributed by atoms with Gasteiger partial charge in [-0.15, -0.1) is 0 Å². The van der Waals surface area contributed by atoms with Crippen molar-refractivity contribution in [2.75, 3.05) is 6.61 Å². The molecule has 0 atom stereocenters. The van der Waals surface area contributed by atoms with Gasteiger partial charge in [-0.05, 0) is 37.5 Å². The molecule has 82 valence electrons. The summed E-state index contributed by atoms with van der Waals surface area (Å²) in [4.78, 5) is 0. The Morgan fingerprint density at radius 3 is 2.60 bits per heavy atom. The van der Waals surface area contributed by atoms with Crippen LogP contribution in [0.1, 0.15) is 19.3 Å². The maximum absolute atomic E-state index is 9.82. The lowest BCUT2D eigenvalue weighted by Crippen LogP contribution is -2.42. The van der Waals surface area contributed by atoms with E-state index in [0.29, 0.717) is 22.4 Å². The van der Waals surface area contributed by atoms with Gasteiger partial charge in [-0.25, -0.2) is 0 Å². The topological polar surface area (TPSA) is 29.5 Å². The van der Waals surface area contributed by atoms with Crippen molar-refractivity contribution < 1.29 is 9.84 Å². The second-order valence-electron chi connectivity index (χ2n) is 3.94. The van der Waals surface area contributed by atoms with Gasteiger partial charge in [-0.3, -0.25) is 0 Å². The average Bonchev–Trinajstić information content (AvgIpc) is 2.14. The Morgan fingerprint density at radius 1 is 1.33 bits per heavy atom. The normalized spacial score (nSPS) is 18.3. The molecular formula is C11H12Cl2O2. The molecule has 0 heterocycles. The zero-order valence-electron chi connectivity index (χ0n) is 8.17. The molecule has 1 aliphatic carbocycles. The first-order chi connectivity index (χ1) is 7.09. The molecule has 0 bridgehead atoms. The van der Waals surface area contributed by atoms with Gasteiger partial charge >= 0.3 is 0 Å². The van der Waals surface area contributed by atoms with Gasteiger partial charge < -0.3 is 9.84 Å². The molecule has 1 aromatic rings. The summed E-state index contributed by atoms with van der Waals surface area (Å²) in [6.45, 7) is 0.300. The number of hydrogen-bond donors (Lipinski definition) is 1. The van der Waals surface area contributed by atoms with Gasteiger partial charge in [0, 0.05) is 5.02 Å². The first-order valence-electron chi connectivity index (χ1n) is 4.89. The van der Waals surface area contributed by atoms with E-state index in [1.54, 1.807) is 18.2 Å². The Hall–Kier alpha value is -0.440. The highest BCUT2D eigenvalue weighted by molar-refractivity contribution is 6.35. The Labute approximate surface area is 98.8 Å². The summed E-state index contributed by atoms with van der Waals surface area (Å²) < 4.78 is 5.46. The molecule has 15 heavy (non-hydrogen) atoms. The van der Waals surface area contributed by atoms with Gasteiger partial charge in [0.1, 0.15) is 12.4 Å². The molecular weight excluding hydrogens is 235 g/mol. The van der Waals surface area contributed by atoms with Crippen molar-refractivity contribution in [2.45, 2.75) is 24.9 Å². The Balaban J connectivity index is 1.98. The van der Waals surface area contributed by atoms with Crippen LogP contribution in [0.4, 0.5) is 0 Å². The minimum atomic E-state index is -0.650. The first kappa shape index (κ1) is 11.1. The van der Waals surface area contributed by atoms with E-state index >= 15 is 0 Å². The summed E-state index contributed by atoms with van der Waals surface area (Å²) in [6.07, 6.45) is 2.67. The summed E-state index contributed by atoms with van der Waals surface area (Å²) in [5.41, 5.74) is -0.650. The van der Waals surface area contributed by atoms with E-state index in [0.717, 1.165) is 19.3 Å². The standard InChI is InChI=1S/C11H12Cl2O2/c12-8-2-3-10(9(13)6-8)15-7-11(14)4-1-5-11/h2-3,6,14H,1,4-5,7H2. The molecule has 0 radical (unpaired) electrons. The quantitative estimate of drug-likeness (QED) is 0.888. The minimum Gasteiger partial charge on any atom is -0.489 e. The highest BCUT2D eigenvalue weighted by Crippen LogP contribution is 2.34. The van der Waals surface area contributed by atoms with Crippen LogP contribution in [-0.4, -0.2) is 17.3 Å². The van der Waals surface area contributed by atoms with Crippen LogP contribution < -0.4 is 4.74 Å². The number of halogens is 2. The molecule has 0 aromatic heterocycles. The van der Waals surface area contributed by atoms with Crippen molar-refractivity contribution in [1.82, 2.24) is 0 Å². The summed E-state index contributed by atoms with van der Waals surface area (Å²) in [7, 11) is 0. The number of benzene rings is 1. The number of hydrogen-bond acceptors (Lipinski definition) is 2. The first-order valence-corrected chi connectivity index (χ1v) is 5.65. The smallest absolute Gasteiger partial charge is 0.138 e. The molecule has 4 heteroatoms. The van der Waals surface area contributed by atoms with Crippen LogP contribution in [0.15, 0.2) is 18.2 Å². The summed E-state index contributed by atoms with van der Waals surface area (Å²) in [6, 6.07) is 5.06. The van der Waals surface area contributed by atoms with E-state index in [2.05, 4.69) is 0 Å². The third kappa shape index (κ3) is 2.57. The van der Waals surface area contributed by atoms with E-state index in [-0.39, 0.29) is 0 Å². The molecule has 0 unspecified atom stereocenters. The minimum absolute atomic E-state index is 0.300. The summed E-state index contributed by atoms with van der Waals surface area (Å²) in [5.74, 6) is 0.571. The lowest BCUT2D eigenvalue weighted by molar-refractivity contribution is -0.0663. The third-order valence-electron chi connectivity index (χ3n) is 2.67. The molecule has 1 saturated carbocycles. The van der Waals surface area contributed by atoms with Crippen molar-refractivity contribution in [3.8, 4) is 5.75 Å². The predicted molar refractivity (Wildman–Crippen MR) is 60.8 cm³/mol. The van der Waals surface area contributed by atoms with Crippen molar-refractivity contribution in [2.24, 2.45) is 0 Å². The number of ether oxygens (including phenoxy) is 1. The molecule has 1 N–H and O–H groups in total. The fourth-order valence-corrected chi connectivity index (χ4v) is 2.00. The third-order valence-corrected chi connectivity index (χ3v) is 3.21. The fourth-order valence-electron chi connectivity index (χ4n) is 1.53. The Morgan fingerprint density at radius 2 is 2.07 bits per heavy atom. The van der Waals surface area contributed by atoms with Gasteiger partial charge in [0.05, 0.1) is 10.6 Å². The van der Waals surface area contributed by atoms with Crippen molar-refractivity contribution in [1.29, 1.82) is 0 Å². The van der Waals surface area contributed by atoms with Gasteiger partial charge in [-0.2, -0.15) is 0 Å². The molecule has 0 saturated heterocycles. The zero-order valence-corrected chi connectivity index (χ0v) is 9.68. The van der Waals surface area contributed by atoms with Crippen LogP contribution in [0, 0.1) is 0 Å². The van der Waals surface area contributed by atoms with E-state index in [4.69, 9.17) is 27.9 Å². The van der Waals surface area contributed by atoms with Crippen LogP contribution in [0.25, 0.3) is 0 Å². The van der Waals surface area contributed by atoms with Crippen LogP contribution in [0.3, 0.4) is 0 Å². The van der Waals surface area contributed by atoms with E-state index in [9.17, 15) is 5.11 Å². The van der Waals surface area contributed by atoms with Gasteiger partial charge in [0.25, 0.3) is 0 Å². The van der Waals surface area contributed by atoms with Crippen LogP contribution in [0.5, 0.6) is 5.75 Å². The molecule has 1 fully saturated rings. The highest BCUT2D eigenvalue weighted by Gasteiger charge is 2.35. The van der Waals surface area contributed by atoms with Gasteiger partial charge in [0.2, 0.25) is 0 Å². The van der Waals surface area contributed by atoms with E-state index < -0.39 is 5.60 Å². The maximum Gasteiger partial charge on any atom is 0.138 e. The fraction of sp³-hybridized carbons (Fsp3) is 0.455. The number of rotatable bonds is 3. The zero-order chi connectivity index (χ0) is 10.9. The number of aliphatic hydroxyl groups is 1. The second kappa shape index (κ2) is 4.20. The van der Waals surface area contributed by atoms with Crippen molar-refractivity contribution in [3.63, 3.8) is 0 Å². The molecule has 0 amide bonds. The molecule has 1 aromatic carbocycles. The van der Waals surface area contributed by atoms with Crippen molar-refractivity contribution >= 4 is 23.2 Å². The lowest BCUT2D eigenvalue weighted by atomic mass is 9.81. The van der Waals surface area contributed by atoms with E-state index in [1.807, 2.05) is 0 Å². The maximum atomic E-state index is 9.82. The molecule has 0 aliphatic heterocycles. The van der Waals surface area contributed by atoms with E-state index in [1.165, 1.54) is 0 Å². The Bertz CT molecular complexity index is 362. The molecule has 0 spiro atoms. The predicted octanol–water partition coefficient (Wildman–Crippen LogP) is 3.29. The summed E-state index contributed by atoms with van der Waals surface area (Å²) >= 11 is 11.7. The van der Waals surface area contributed by atoms with Gasteiger partial charge in [-0.1, -0.05) is 23.2 Å². The molecule has 2 nitrogen and oxygen atoms in total. The average molecular weight is 247 g/mol.